The monoisotopic (exact) mass is 367 g/mol. The third kappa shape index (κ3) is 12.1. The summed E-state index contributed by atoms with van der Waals surface area (Å²) in [7, 11) is 0. The average molecular weight is 368 g/mol. The van der Waals surface area contributed by atoms with Gasteiger partial charge in [-0.2, -0.15) is 13.5 Å². The van der Waals surface area contributed by atoms with Gasteiger partial charge < -0.3 is 25.0 Å². The van der Waals surface area contributed by atoms with Gasteiger partial charge in [-0.25, -0.2) is 0 Å². The summed E-state index contributed by atoms with van der Waals surface area (Å²) in [6.45, 7) is 12.4. The molecule has 0 aliphatic carbocycles. The zero-order chi connectivity index (χ0) is 16.9. The van der Waals surface area contributed by atoms with Gasteiger partial charge in [0.15, 0.2) is 0 Å². The molecule has 7 heteroatoms. The summed E-state index contributed by atoms with van der Waals surface area (Å²) in [6, 6.07) is 1.31. The molecule has 148 valence electrons. The highest BCUT2D eigenvalue weighted by Gasteiger charge is 2.19. The molecule has 1 heterocycles. The molecule has 24 heavy (non-hydrogen) atoms. The minimum absolute atomic E-state index is 0. The minimum Gasteiger partial charge on any atom is -0.378 e. The van der Waals surface area contributed by atoms with Crippen molar-refractivity contribution in [2.45, 2.75) is 52.1 Å². The van der Waals surface area contributed by atoms with E-state index in [0.29, 0.717) is 38.4 Å². The third-order valence-electron chi connectivity index (χ3n) is 4.26. The molecular formula is C17H41N3O3S. The zero-order valence-electron chi connectivity index (χ0n) is 15.6. The van der Waals surface area contributed by atoms with Crippen molar-refractivity contribution in [3.05, 3.63) is 0 Å². The molecule has 0 aromatic carbocycles. The molecule has 0 radical (unpaired) electrons. The van der Waals surface area contributed by atoms with Crippen LogP contribution in [0.25, 0.3) is 0 Å². The largest absolute Gasteiger partial charge is 0.378 e. The number of nitrogens with one attached hydrogen (secondary N) is 2. The van der Waals surface area contributed by atoms with Gasteiger partial charge in [0, 0.05) is 35.0 Å². The molecule has 0 aromatic heterocycles. The van der Waals surface area contributed by atoms with E-state index in [1.807, 2.05) is 0 Å². The highest BCUT2D eigenvalue weighted by Crippen LogP contribution is 2.11. The van der Waals surface area contributed by atoms with Gasteiger partial charge in [-0.3, -0.25) is 4.79 Å². The first-order valence-electron chi connectivity index (χ1n) is 9.00. The fourth-order valence-electron chi connectivity index (χ4n) is 2.66. The van der Waals surface area contributed by atoms with E-state index in [-0.39, 0.29) is 22.3 Å². The van der Waals surface area contributed by atoms with Crippen LogP contribution in [0.15, 0.2) is 0 Å². The Hall–Kier alpha value is -0.340. The Morgan fingerprint density at radius 2 is 1.83 bits per heavy atom. The first kappa shape index (κ1) is 23.7. The third-order valence-corrected chi connectivity index (χ3v) is 4.26. The number of hydrogen-bond donors (Lipinski definition) is 2. The van der Waals surface area contributed by atoms with E-state index in [4.69, 9.17) is 9.47 Å². The number of piperidine rings is 1. The number of hydrogen-bond acceptors (Lipinski definition) is 5. The Kier molecular flexibility index (Phi) is 14.7. The standard InChI is InChI=1S/C17H35N3O3.H2S.2H2/c1-4-15(2)19-17-5-8-20(9-6-17)10-12-23-14-13-22-11-7-18-16(3)21;;;/h15,17,19H,4-14H2,1-3H3,(H,18,21);1H2;2*1H. The highest BCUT2D eigenvalue weighted by molar-refractivity contribution is 7.59. The number of nitrogens with zero attached hydrogens (tertiary/aromatic N) is 1. The quantitative estimate of drug-likeness (QED) is 0.513. The van der Waals surface area contributed by atoms with Crippen LogP contribution in [0.1, 0.15) is 42.9 Å². The van der Waals surface area contributed by atoms with Gasteiger partial charge in [-0.1, -0.05) is 6.92 Å². The zero-order valence-corrected chi connectivity index (χ0v) is 16.6. The molecule has 2 N–H and O–H groups in total. The van der Waals surface area contributed by atoms with Crippen LogP contribution >= 0.6 is 13.5 Å². The normalized spacial score (nSPS) is 17.3. The van der Waals surface area contributed by atoms with Gasteiger partial charge in [0.25, 0.3) is 0 Å². The summed E-state index contributed by atoms with van der Waals surface area (Å²) in [6.07, 6.45) is 3.66. The Morgan fingerprint density at radius 3 is 2.42 bits per heavy atom. The molecule has 1 fully saturated rings. The first-order valence-corrected chi connectivity index (χ1v) is 9.00. The van der Waals surface area contributed by atoms with Crippen molar-refractivity contribution in [3.63, 3.8) is 0 Å². The predicted octanol–water partition coefficient (Wildman–Crippen LogP) is 1.61. The van der Waals surface area contributed by atoms with E-state index in [1.54, 1.807) is 0 Å². The molecule has 1 amide bonds. The molecule has 0 saturated carbocycles. The molecule has 0 aromatic rings. The average Bonchev–Trinajstić information content (AvgIpc) is 2.54. The Labute approximate surface area is 157 Å². The lowest BCUT2D eigenvalue weighted by molar-refractivity contribution is -0.119. The summed E-state index contributed by atoms with van der Waals surface area (Å²) in [5, 5.41) is 6.39. The first-order chi connectivity index (χ1) is 11.1. The summed E-state index contributed by atoms with van der Waals surface area (Å²) < 4.78 is 11.0. The van der Waals surface area contributed by atoms with E-state index in [1.165, 1.54) is 26.2 Å². The number of rotatable bonds is 12. The van der Waals surface area contributed by atoms with Gasteiger partial charge >= 0.3 is 0 Å². The topological polar surface area (TPSA) is 62.8 Å². The van der Waals surface area contributed by atoms with Crippen LogP contribution in [-0.2, 0) is 14.3 Å². The number of carbonyl (C=O) groups excluding carboxylic acids is 1. The molecule has 1 unspecified atom stereocenters. The number of amides is 1. The van der Waals surface area contributed by atoms with Gasteiger partial charge in [0.1, 0.15) is 0 Å². The predicted molar refractivity (Wildman–Crippen MR) is 107 cm³/mol. The Morgan fingerprint density at radius 1 is 1.21 bits per heavy atom. The van der Waals surface area contributed by atoms with Crippen LogP contribution in [-0.4, -0.2) is 75.5 Å². The summed E-state index contributed by atoms with van der Waals surface area (Å²) in [5.74, 6) is -0.0204. The van der Waals surface area contributed by atoms with E-state index in [9.17, 15) is 4.79 Å². The fourth-order valence-corrected chi connectivity index (χ4v) is 2.66. The molecule has 1 aliphatic heterocycles. The van der Waals surface area contributed by atoms with E-state index < -0.39 is 0 Å². The molecular weight excluding hydrogens is 326 g/mol. The summed E-state index contributed by atoms with van der Waals surface area (Å²) >= 11 is 0. The summed E-state index contributed by atoms with van der Waals surface area (Å²) in [4.78, 5) is 13.1. The minimum atomic E-state index is -0.0204. The fraction of sp³-hybridized carbons (Fsp3) is 0.941. The maximum absolute atomic E-state index is 10.7. The van der Waals surface area contributed by atoms with E-state index in [0.717, 1.165) is 26.2 Å². The van der Waals surface area contributed by atoms with Gasteiger partial charge in [-0.05, 0) is 39.3 Å². The Bertz CT molecular complexity index is 324. The van der Waals surface area contributed by atoms with Crippen molar-refractivity contribution < 1.29 is 17.1 Å². The molecule has 1 saturated heterocycles. The Balaban J connectivity index is -0.00000176. The van der Waals surface area contributed by atoms with Gasteiger partial charge in [-0.15, -0.1) is 0 Å². The van der Waals surface area contributed by atoms with E-state index in [2.05, 4.69) is 29.4 Å². The second-order valence-electron chi connectivity index (χ2n) is 6.30. The molecule has 1 aliphatic rings. The molecule has 6 nitrogen and oxygen atoms in total. The lowest BCUT2D eigenvalue weighted by atomic mass is 10.0. The van der Waals surface area contributed by atoms with E-state index >= 15 is 0 Å². The van der Waals surface area contributed by atoms with Gasteiger partial charge in [0.2, 0.25) is 5.91 Å². The smallest absolute Gasteiger partial charge is 0.216 e. The SMILES string of the molecule is CCC(C)NC1CCN(CCOCCOCCNC(C)=O)CC1.S.[HH].[HH]. The van der Waals surface area contributed by atoms with Crippen LogP contribution in [0.2, 0.25) is 0 Å². The van der Waals surface area contributed by atoms with Crippen molar-refractivity contribution in [1.29, 1.82) is 0 Å². The van der Waals surface area contributed by atoms with Crippen LogP contribution in [0.3, 0.4) is 0 Å². The molecule has 1 atom stereocenters. The van der Waals surface area contributed by atoms with Crippen molar-refractivity contribution >= 4 is 19.4 Å². The molecule has 0 spiro atoms. The maximum atomic E-state index is 10.7. The number of ether oxygens (including phenoxy) is 2. The number of likely N-dealkylation sites (tertiary alicyclic amines) is 1. The van der Waals surface area contributed by atoms with Crippen molar-refractivity contribution in [3.8, 4) is 0 Å². The molecule has 0 bridgehead atoms. The molecule has 1 rings (SSSR count). The van der Waals surface area contributed by atoms with Crippen molar-refractivity contribution in [2.75, 3.05) is 52.6 Å². The van der Waals surface area contributed by atoms with Crippen LogP contribution in [0.4, 0.5) is 0 Å². The second kappa shape index (κ2) is 15.0. The lowest BCUT2D eigenvalue weighted by Gasteiger charge is -2.33. The van der Waals surface area contributed by atoms with Crippen LogP contribution in [0.5, 0.6) is 0 Å². The van der Waals surface area contributed by atoms with Crippen molar-refractivity contribution in [1.82, 2.24) is 15.5 Å². The van der Waals surface area contributed by atoms with Crippen molar-refractivity contribution in [2.24, 2.45) is 0 Å². The van der Waals surface area contributed by atoms with Crippen LogP contribution < -0.4 is 10.6 Å². The maximum Gasteiger partial charge on any atom is 0.216 e. The number of carbonyl (C=O) groups is 1. The highest BCUT2D eigenvalue weighted by atomic mass is 32.1. The lowest BCUT2D eigenvalue weighted by Crippen LogP contribution is -2.46. The summed E-state index contributed by atoms with van der Waals surface area (Å²) in [5.41, 5.74) is 0. The van der Waals surface area contributed by atoms with Gasteiger partial charge in [0.05, 0.1) is 26.4 Å². The second-order valence-corrected chi connectivity index (χ2v) is 6.30. The van der Waals surface area contributed by atoms with Crippen LogP contribution in [0, 0.1) is 0 Å².